The summed E-state index contributed by atoms with van der Waals surface area (Å²) in [7, 11) is 1.57. The van der Waals surface area contributed by atoms with Crippen molar-refractivity contribution in [2.45, 2.75) is 13.0 Å². The Kier molecular flexibility index (Phi) is 5.27. The van der Waals surface area contributed by atoms with Gasteiger partial charge in [0, 0.05) is 36.0 Å². The van der Waals surface area contributed by atoms with E-state index in [1.807, 2.05) is 43.3 Å². The van der Waals surface area contributed by atoms with E-state index in [9.17, 15) is 4.79 Å². The predicted molar refractivity (Wildman–Crippen MR) is 124 cm³/mol. The van der Waals surface area contributed by atoms with E-state index in [-0.39, 0.29) is 5.91 Å². The maximum atomic E-state index is 13.6. The lowest BCUT2D eigenvalue weighted by Gasteiger charge is -2.28. The van der Waals surface area contributed by atoms with Crippen molar-refractivity contribution in [1.29, 1.82) is 0 Å². The van der Waals surface area contributed by atoms with E-state index in [4.69, 9.17) is 9.84 Å². The molecule has 0 bridgehead atoms. The average Bonchev–Trinajstić information content (AvgIpc) is 3.28. The molecule has 3 aromatic heterocycles. The van der Waals surface area contributed by atoms with Crippen molar-refractivity contribution >= 4 is 17.5 Å². The number of ether oxygens (including phenoxy) is 1. The molecule has 1 aliphatic heterocycles. The van der Waals surface area contributed by atoms with Crippen molar-refractivity contribution in [2.24, 2.45) is 0 Å². The Balaban J connectivity index is 1.59. The monoisotopic (exact) mass is 439 g/mol. The number of fused-ring (bicyclic) bond motifs is 1. The number of methoxy groups -OCH3 is 1. The molecule has 5 rings (SSSR count). The fraction of sp³-hybridized carbons (Fsp3) is 0.125. The fourth-order valence-electron chi connectivity index (χ4n) is 3.85. The molecule has 9 nitrogen and oxygen atoms in total. The predicted octanol–water partition coefficient (Wildman–Crippen LogP) is 3.67. The smallest absolute Gasteiger partial charge is 0.255 e. The van der Waals surface area contributed by atoms with Gasteiger partial charge < -0.3 is 15.4 Å². The standard InChI is InChI=1S/C24H21N7O2/c1-15-20(23(32)28-18-7-3-4-8-19(18)33-2)21(16-9-12-25-13-10-16)31-24(27-15)29-22(30-31)17-6-5-11-26-14-17/h3-14,21H,1-2H3,(H,28,32)(H,27,29,30). The molecule has 4 heterocycles. The van der Waals surface area contributed by atoms with Crippen molar-refractivity contribution in [2.75, 3.05) is 17.7 Å². The van der Waals surface area contributed by atoms with Crippen LogP contribution in [0.1, 0.15) is 18.5 Å². The Morgan fingerprint density at radius 1 is 1.06 bits per heavy atom. The van der Waals surface area contributed by atoms with Crippen LogP contribution >= 0.6 is 0 Å². The zero-order valence-corrected chi connectivity index (χ0v) is 18.1. The third kappa shape index (κ3) is 3.80. The summed E-state index contributed by atoms with van der Waals surface area (Å²) in [4.78, 5) is 26.5. The van der Waals surface area contributed by atoms with Crippen LogP contribution in [-0.4, -0.2) is 37.7 Å². The highest BCUT2D eigenvalue weighted by atomic mass is 16.5. The third-order valence-electron chi connectivity index (χ3n) is 5.39. The van der Waals surface area contributed by atoms with Crippen molar-refractivity contribution in [3.05, 3.63) is 90.2 Å². The third-order valence-corrected chi connectivity index (χ3v) is 5.39. The molecule has 33 heavy (non-hydrogen) atoms. The minimum absolute atomic E-state index is 0.268. The Bertz CT molecular complexity index is 1330. The molecular formula is C24H21N7O2. The molecule has 0 aliphatic carbocycles. The molecule has 0 spiro atoms. The first kappa shape index (κ1) is 20.4. The number of anilines is 2. The summed E-state index contributed by atoms with van der Waals surface area (Å²) in [6, 6.07) is 14.2. The summed E-state index contributed by atoms with van der Waals surface area (Å²) in [5, 5.41) is 10.9. The summed E-state index contributed by atoms with van der Waals surface area (Å²) in [5.41, 5.74) is 3.43. The molecule has 1 amide bonds. The van der Waals surface area contributed by atoms with Crippen LogP contribution in [0.15, 0.2) is 84.6 Å². The lowest BCUT2D eigenvalue weighted by Crippen LogP contribution is -2.31. The van der Waals surface area contributed by atoms with Gasteiger partial charge in [-0.1, -0.05) is 12.1 Å². The molecular weight excluding hydrogens is 418 g/mol. The second kappa shape index (κ2) is 8.54. The Labute approximate surface area is 190 Å². The molecule has 0 saturated carbocycles. The molecule has 0 fully saturated rings. The van der Waals surface area contributed by atoms with Gasteiger partial charge >= 0.3 is 0 Å². The largest absolute Gasteiger partial charge is 0.495 e. The minimum Gasteiger partial charge on any atom is -0.495 e. The zero-order valence-electron chi connectivity index (χ0n) is 18.1. The summed E-state index contributed by atoms with van der Waals surface area (Å²) < 4.78 is 7.12. The van der Waals surface area contributed by atoms with Gasteiger partial charge in [-0.05, 0) is 48.9 Å². The van der Waals surface area contributed by atoms with Crippen molar-refractivity contribution in [3.8, 4) is 17.1 Å². The Morgan fingerprint density at radius 3 is 2.64 bits per heavy atom. The number of carbonyl (C=O) groups excluding carboxylic acids is 1. The number of pyridine rings is 2. The van der Waals surface area contributed by atoms with Gasteiger partial charge in [0.25, 0.3) is 5.91 Å². The molecule has 9 heteroatoms. The quantitative estimate of drug-likeness (QED) is 0.489. The number of carbonyl (C=O) groups is 1. The minimum atomic E-state index is -0.503. The maximum absolute atomic E-state index is 13.6. The number of hydrogen-bond donors (Lipinski definition) is 2. The maximum Gasteiger partial charge on any atom is 0.255 e. The van der Waals surface area contributed by atoms with Gasteiger partial charge in [0.15, 0.2) is 5.82 Å². The number of hydrogen-bond acceptors (Lipinski definition) is 7. The molecule has 1 aliphatic rings. The first-order valence-corrected chi connectivity index (χ1v) is 10.3. The summed E-state index contributed by atoms with van der Waals surface area (Å²) in [5.74, 6) is 1.37. The van der Waals surface area contributed by atoms with Crippen LogP contribution in [-0.2, 0) is 4.79 Å². The molecule has 2 N–H and O–H groups in total. The van der Waals surface area contributed by atoms with Crippen LogP contribution in [0.5, 0.6) is 5.75 Å². The number of para-hydroxylation sites is 2. The van der Waals surface area contributed by atoms with Crippen LogP contribution in [0.4, 0.5) is 11.6 Å². The topological polar surface area (TPSA) is 107 Å². The van der Waals surface area contributed by atoms with Gasteiger partial charge in [0.05, 0.1) is 18.4 Å². The lowest BCUT2D eigenvalue weighted by atomic mass is 9.96. The van der Waals surface area contributed by atoms with Crippen LogP contribution < -0.4 is 15.4 Å². The van der Waals surface area contributed by atoms with Crippen molar-refractivity contribution < 1.29 is 9.53 Å². The van der Waals surface area contributed by atoms with Gasteiger partial charge in [-0.3, -0.25) is 14.8 Å². The van der Waals surface area contributed by atoms with Gasteiger partial charge in [-0.15, -0.1) is 5.10 Å². The van der Waals surface area contributed by atoms with E-state index in [0.717, 1.165) is 11.1 Å². The number of nitrogens with one attached hydrogen (secondary N) is 2. The lowest BCUT2D eigenvalue weighted by molar-refractivity contribution is -0.113. The highest BCUT2D eigenvalue weighted by Crippen LogP contribution is 2.37. The number of amides is 1. The van der Waals surface area contributed by atoms with E-state index in [1.165, 1.54) is 0 Å². The first-order valence-electron chi connectivity index (χ1n) is 10.3. The molecule has 164 valence electrons. The number of nitrogens with zero attached hydrogens (tertiary/aromatic N) is 5. The SMILES string of the molecule is COc1ccccc1NC(=O)C1=C(C)Nc2nc(-c3cccnc3)nn2C1c1ccncc1. The normalized spacial score (nSPS) is 14.9. The molecule has 0 saturated heterocycles. The number of allylic oxidation sites excluding steroid dienone is 1. The van der Waals surface area contributed by atoms with Gasteiger partial charge in [0.1, 0.15) is 11.8 Å². The number of rotatable bonds is 5. The van der Waals surface area contributed by atoms with Crippen LogP contribution in [0.25, 0.3) is 11.4 Å². The highest BCUT2D eigenvalue weighted by molar-refractivity contribution is 6.06. The molecule has 1 unspecified atom stereocenters. The fourth-order valence-corrected chi connectivity index (χ4v) is 3.85. The van der Waals surface area contributed by atoms with Gasteiger partial charge in [-0.2, -0.15) is 4.98 Å². The number of benzene rings is 1. The van der Waals surface area contributed by atoms with Crippen LogP contribution in [0, 0.1) is 0 Å². The summed E-state index contributed by atoms with van der Waals surface area (Å²) in [6.45, 7) is 1.85. The van der Waals surface area contributed by atoms with Gasteiger partial charge in [-0.25, -0.2) is 4.68 Å². The van der Waals surface area contributed by atoms with Crippen molar-refractivity contribution in [3.63, 3.8) is 0 Å². The number of aromatic nitrogens is 5. The molecule has 0 radical (unpaired) electrons. The van der Waals surface area contributed by atoms with Crippen LogP contribution in [0.2, 0.25) is 0 Å². The summed E-state index contributed by atoms with van der Waals surface area (Å²) in [6.07, 6.45) is 6.80. The van der Waals surface area contributed by atoms with E-state index >= 15 is 0 Å². The molecule has 4 aromatic rings. The van der Waals surface area contributed by atoms with Crippen molar-refractivity contribution in [1.82, 2.24) is 24.7 Å². The Morgan fingerprint density at radius 2 is 1.88 bits per heavy atom. The second-order valence-electron chi connectivity index (χ2n) is 7.45. The van der Waals surface area contributed by atoms with E-state index < -0.39 is 6.04 Å². The molecule has 1 atom stereocenters. The first-order chi connectivity index (χ1) is 16.2. The zero-order chi connectivity index (χ0) is 22.8. The summed E-state index contributed by atoms with van der Waals surface area (Å²) >= 11 is 0. The van der Waals surface area contributed by atoms with E-state index in [1.54, 1.807) is 48.7 Å². The van der Waals surface area contributed by atoms with E-state index in [0.29, 0.717) is 34.5 Å². The second-order valence-corrected chi connectivity index (χ2v) is 7.45. The Hall–Kier alpha value is -4.53. The van der Waals surface area contributed by atoms with E-state index in [2.05, 4.69) is 25.6 Å². The van der Waals surface area contributed by atoms with Crippen LogP contribution in [0.3, 0.4) is 0 Å². The van der Waals surface area contributed by atoms with Gasteiger partial charge in [0.2, 0.25) is 5.95 Å². The average molecular weight is 439 g/mol. The highest BCUT2D eigenvalue weighted by Gasteiger charge is 2.34. The molecule has 1 aromatic carbocycles.